The molecule has 12 aromatic carbocycles. The molecule has 0 aliphatic carbocycles. The normalized spacial score (nSPS) is 11.2. The molecule has 0 aliphatic heterocycles. The molecule has 0 bridgehead atoms. The highest BCUT2D eigenvalue weighted by Crippen LogP contribution is 2.47. The first-order valence-corrected chi connectivity index (χ1v) is 23.7. The number of hydrogen-bond acceptors (Lipinski definition) is 1. The summed E-state index contributed by atoms with van der Waals surface area (Å²) in [6.45, 7) is 0. The molecule has 0 N–H and O–H groups in total. The van der Waals surface area contributed by atoms with Gasteiger partial charge >= 0.3 is 0 Å². The van der Waals surface area contributed by atoms with E-state index < -0.39 is 0 Å². The first-order chi connectivity index (χ1) is 34.2. The van der Waals surface area contributed by atoms with Crippen LogP contribution < -0.4 is 4.90 Å². The van der Waals surface area contributed by atoms with E-state index in [2.05, 4.69) is 290 Å². The highest BCUT2D eigenvalue weighted by atomic mass is 15.1. The fraction of sp³-hybridized carbons (Fsp3) is 0. The first kappa shape index (κ1) is 41.4. The van der Waals surface area contributed by atoms with Crippen molar-refractivity contribution in [2.45, 2.75) is 0 Å². The van der Waals surface area contributed by atoms with Crippen LogP contribution in [0, 0.1) is 0 Å². The van der Waals surface area contributed by atoms with Crippen LogP contribution in [0.25, 0.3) is 99.4 Å². The van der Waals surface area contributed by atoms with E-state index in [0.29, 0.717) is 0 Å². The molecular formula is C68H47N. The molecule has 0 aromatic heterocycles. The third kappa shape index (κ3) is 8.07. The van der Waals surface area contributed by atoms with Gasteiger partial charge < -0.3 is 4.90 Å². The molecule has 0 radical (unpaired) electrons. The zero-order chi connectivity index (χ0) is 45.9. The Kier molecular flexibility index (Phi) is 11.0. The van der Waals surface area contributed by atoms with Gasteiger partial charge in [0.25, 0.3) is 0 Å². The third-order valence-corrected chi connectivity index (χ3v) is 13.5. The van der Waals surface area contributed by atoms with Crippen molar-refractivity contribution in [1.29, 1.82) is 0 Å². The minimum absolute atomic E-state index is 1.08. The van der Waals surface area contributed by atoms with Crippen LogP contribution in [0.3, 0.4) is 0 Å². The monoisotopic (exact) mass is 877 g/mol. The summed E-state index contributed by atoms with van der Waals surface area (Å²) >= 11 is 0. The summed E-state index contributed by atoms with van der Waals surface area (Å²) in [7, 11) is 0. The SMILES string of the molecule is c1ccc(-c2ccc(-c3ccc(N(c4ccc(-c5ccc(-c6ccccc6)c(-c6ccccc6)c5)cc4)c4ccc5c(-c6ccccc6)c(-c6ccccc6)c6ccccc6c5c4)cc3)cc2)cc1. The summed E-state index contributed by atoms with van der Waals surface area (Å²) < 4.78 is 0. The Balaban J connectivity index is 0.997. The van der Waals surface area contributed by atoms with E-state index in [1.54, 1.807) is 0 Å². The van der Waals surface area contributed by atoms with Gasteiger partial charge in [0, 0.05) is 17.1 Å². The molecule has 69 heavy (non-hydrogen) atoms. The fourth-order valence-electron chi connectivity index (χ4n) is 10.1. The predicted molar refractivity (Wildman–Crippen MR) is 294 cm³/mol. The molecule has 0 amide bonds. The second kappa shape index (κ2) is 18.3. The highest BCUT2D eigenvalue weighted by Gasteiger charge is 2.21. The maximum atomic E-state index is 2.40. The second-order valence-electron chi connectivity index (χ2n) is 17.6. The predicted octanol–water partition coefficient (Wildman–Crippen LogP) is 19.1. The molecule has 0 saturated heterocycles. The van der Waals surface area contributed by atoms with Gasteiger partial charge in [0.2, 0.25) is 0 Å². The summed E-state index contributed by atoms with van der Waals surface area (Å²) in [5.74, 6) is 0. The van der Waals surface area contributed by atoms with Crippen LogP contribution in [0.5, 0.6) is 0 Å². The Morgan fingerprint density at radius 2 is 0.507 bits per heavy atom. The van der Waals surface area contributed by atoms with Crippen molar-refractivity contribution in [3.05, 3.63) is 285 Å². The van der Waals surface area contributed by atoms with Crippen LogP contribution >= 0.6 is 0 Å². The molecule has 0 atom stereocenters. The van der Waals surface area contributed by atoms with Gasteiger partial charge in [-0.2, -0.15) is 0 Å². The van der Waals surface area contributed by atoms with Crippen molar-refractivity contribution in [3.8, 4) is 77.9 Å². The van der Waals surface area contributed by atoms with E-state index in [0.717, 1.165) is 22.6 Å². The van der Waals surface area contributed by atoms with Gasteiger partial charge in [-0.25, -0.2) is 0 Å². The maximum Gasteiger partial charge on any atom is 0.0468 e. The summed E-state index contributed by atoms with van der Waals surface area (Å²) in [5, 5.41) is 4.90. The molecule has 1 nitrogen and oxygen atoms in total. The molecule has 0 spiro atoms. The summed E-state index contributed by atoms with van der Waals surface area (Å²) in [4.78, 5) is 2.40. The van der Waals surface area contributed by atoms with Gasteiger partial charge in [-0.1, -0.05) is 243 Å². The summed E-state index contributed by atoms with van der Waals surface area (Å²) in [6, 6.07) is 104. The average Bonchev–Trinajstić information content (AvgIpc) is 3.44. The molecule has 12 rings (SSSR count). The third-order valence-electron chi connectivity index (χ3n) is 13.5. The lowest BCUT2D eigenvalue weighted by molar-refractivity contribution is 1.29. The van der Waals surface area contributed by atoms with Crippen molar-refractivity contribution in [2.75, 3.05) is 4.90 Å². The topological polar surface area (TPSA) is 3.24 Å². The first-order valence-electron chi connectivity index (χ1n) is 23.7. The Morgan fingerprint density at radius 1 is 0.174 bits per heavy atom. The van der Waals surface area contributed by atoms with E-state index >= 15 is 0 Å². The number of benzene rings is 12. The van der Waals surface area contributed by atoms with Crippen molar-refractivity contribution in [1.82, 2.24) is 0 Å². The molecule has 0 saturated carbocycles. The minimum atomic E-state index is 1.08. The Hall–Kier alpha value is -9.04. The Morgan fingerprint density at radius 3 is 1.00 bits per heavy atom. The van der Waals surface area contributed by atoms with Crippen LogP contribution in [-0.4, -0.2) is 0 Å². The van der Waals surface area contributed by atoms with Gasteiger partial charge in [0.1, 0.15) is 0 Å². The molecule has 324 valence electrons. The number of rotatable bonds is 10. The van der Waals surface area contributed by atoms with Gasteiger partial charge in [-0.15, -0.1) is 0 Å². The molecule has 0 heterocycles. The summed E-state index contributed by atoms with van der Waals surface area (Å²) in [6.07, 6.45) is 0. The molecular weight excluding hydrogens is 831 g/mol. The largest absolute Gasteiger partial charge is 0.310 e. The maximum absolute atomic E-state index is 2.40. The number of anilines is 3. The van der Waals surface area contributed by atoms with Crippen LogP contribution in [-0.2, 0) is 0 Å². The summed E-state index contributed by atoms with van der Waals surface area (Å²) in [5.41, 5.74) is 20.1. The lowest BCUT2D eigenvalue weighted by Gasteiger charge is -2.27. The zero-order valence-electron chi connectivity index (χ0n) is 38.1. The minimum Gasteiger partial charge on any atom is -0.310 e. The molecule has 0 unspecified atom stereocenters. The smallest absolute Gasteiger partial charge is 0.0468 e. The van der Waals surface area contributed by atoms with Gasteiger partial charge in [0.15, 0.2) is 0 Å². The lowest BCUT2D eigenvalue weighted by atomic mass is 9.85. The van der Waals surface area contributed by atoms with Crippen LogP contribution in [0.1, 0.15) is 0 Å². The van der Waals surface area contributed by atoms with Gasteiger partial charge in [0.05, 0.1) is 0 Å². The van der Waals surface area contributed by atoms with Crippen molar-refractivity contribution in [2.24, 2.45) is 0 Å². The number of hydrogen-bond donors (Lipinski definition) is 0. The quantitative estimate of drug-likeness (QED) is 0.124. The zero-order valence-corrected chi connectivity index (χ0v) is 38.1. The van der Waals surface area contributed by atoms with E-state index in [1.807, 2.05) is 0 Å². The van der Waals surface area contributed by atoms with Gasteiger partial charge in [-0.3, -0.25) is 0 Å². The molecule has 1 heteroatoms. The molecule has 12 aromatic rings. The fourth-order valence-corrected chi connectivity index (χ4v) is 10.1. The Bertz CT molecular complexity index is 3700. The van der Waals surface area contributed by atoms with Crippen LogP contribution in [0.2, 0.25) is 0 Å². The lowest BCUT2D eigenvalue weighted by Crippen LogP contribution is -2.10. The van der Waals surface area contributed by atoms with Crippen molar-refractivity contribution >= 4 is 38.6 Å². The number of fused-ring (bicyclic) bond motifs is 3. The average molecular weight is 878 g/mol. The van der Waals surface area contributed by atoms with E-state index in [4.69, 9.17) is 0 Å². The Labute approximate surface area is 404 Å². The molecule has 0 aliphatic rings. The van der Waals surface area contributed by atoms with E-state index in [9.17, 15) is 0 Å². The van der Waals surface area contributed by atoms with E-state index in [-0.39, 0.29) is 0 Å². The van der Waals surface area contributed by atoms with E-state index in [1.165, 1.54) is 93.9 Å². The van der Waals surface area contributed by atoms with Crippen molar-refractivity contribution < 1.29 is 0 Å². The second-order valence-corrected chi connectivity index (χ2v) is 17.6. The van der Waals surface area contributed by atoms with Crippen molar-refractivity contribution in [3.63, 3.8) is 0 Å². The number of nitrogens with zero attached hydrogens (tertiary/aromatic N) is 1. The molecule has 0 fully saturated rings. The highest BCUT2D eigenvalue weighted by molar-refractivity contribution is 6.22. The van der Waals surface area contributed by atoms with Gasteiger partial charge in [-0.05, 0) is 142 Å². The standard InChI is InChI=1S/C68H47N/c1-6-18-48(19-7-1)49-30-32-50(33-31-49)51-34-39-58(40-35-51)69(59-41-36-52(37-42-59)57-38-44-61(53-20-8-2-9-21-53)65(46-57)54-22-10-3-11-23-54)60-43-45-64-66(47-60)62-28-16-17-29-63(62)67(55-24-12-4-13-25-55)68(64)56-26-14-5-15-27-56/h1-47H. The van der Waals surface area contributed by atoms with Crippen LogP contribution in [0.15, 0.2) is 285 Å². The van der Waals surface area contributed by atoms with Crippen LogP contribution in [0.4, 0.5) is 17.1 Å².